The average molecular weight is 519 g/mol. The van der Waals surface area contributed by atoms with Gasteiger partial charge >= 0.3 is 11.9 Å². The van der Waals surface area contributed by atoms with Crippen LogP contribution >= 0.6 is 0 Å². The van der Waals surface area contributed by atoms with Gasteiger partial charge in [-0.2, -0.15) is 0 Å². The van der Waals surface area contributed by atoms with Gasteiger partial charge in [-0.3, -0.25) is 24.0 Å². The lowest BCUT2D eigenvalue weighted by atomic mass is 10.0. The van der Waals surface area contributed by atoms with Gasteiger partial charge in [0.05, 0.1) is 20.8 Å². The van der Waals surface area contributed by atoms with Crippen molar-refractivity contribution in [2.24, 2.45) is 11.7 Å². The summed E-state index contributed by atoms with van der Waals surface area (Å²) in [5.41, 5.74) is 6.30. The summed E-state index contributed by atoms with van der Waals surface area (Å²) in [6, 6.07) is 4.11. The number of nitrogens with one attached hydrogen (secondary N) is 3. The summed E-state index contributed by atoms with van der Waals surface area (Å²) >= 11 is 0. The van der Waals surface area contributed by atoms with Crippen molar-refractivity contribution in [3.05, 3.63) is 41.5 Å². The lowest BCUT2D eigenvalue weighted by molar-refractivity contribution is -0.141. The maximum atomic E-state index is 12.8. The number of hydrogen-bond donors (Lipinski definition) is 4. The molecule has 0 fully saturated rings. The molecular formula is C25H34N4O8. The second kappa shape index (κ2) is 15.7. The van der Waals surface area contributed by atoms with E-state index in [9.17, 15) is 28.8 Å². The van der Waals surface area contributed by atoms with Crippen LogP contribution in [0.3, 0.4) is 0 Å². The second-order valence-electron chi connectivity index (χ2n) is 8.49. The molecule has 0 heterocycles. The fraction of sp³-hybridized carbons (Fsp3) is 0.440. The number of ether oxygens (including phenoxy) is 2. The lowest BCUT2D eigenvalue weighted by Crippen LogP contribution is -2.54. The summed E-state index contributed by atoms with van der Waals surface area (Å²) in [5, 5.41) is 7.42. The predicted octanol–water partition coefficient (Wildman–Crippen LogP) is 0.0568. The van der Waals surface area contributed by atoms with Crippen LogP contribution in [0.5, 0.6) is 0 Å². The Hall–Kier alpha value is -4.22. The van der Waals surface area contributed by atoms with Crippen molar-refractivity contribution in [2.75, 3.05) is 20.8 Å². The fourth-order valence-electron chi connectivity index (χ4n) is 3.11. The SMILES string of the molecule is COC(=O)C=Cc1ccc(C(=O)NCC(=O)N[C@@H](CCC(=O)OC)C(=O)N[C@@H](CC(C)C)C(N)=O)cc1. The van der Waals surface area contributed by atoms with Crippen molar-refractivity contribution in [3.8, 4) is 0 Å². The van der Waals surface area contributed by atoms with Crippen LogP contribution in [0.4, 0.5) is 0 Å². The predicted molar refractivity (Wildman–Crippen MR) is 134 cm³/mol. The zero-order chi connectivity index (χ0) is 28.0. The van der Waals surface area contributed by atoms with Gasteiger partial charge in [-0.25, -0.2) is 4.79 Å². The van der Waals surface area contributed by atoms with E-state index in [-0.39, 0.29) is 24.3 Å². The minimum atomic E-state index is -1.17. The first-order valence-electron chi connectivity index (χ1n) is 11.6. The highest BCUT2D eigenvalue weighted by atomic mass is 16.5. The van der Waals surface area contributed by atoms with E-state index in [1.54, 1.807) is 12.1 Å². The number of amides is 4. The van der Waals surface area contributed by atoms with Crippen molar-refractivity contribution >= 4 is 41.6 Å². The van der Waals surface area contributed by atoms with Crippen molar-refractivity contribution in [2.45, 2.75) is 45.2 Å². The number of primary amides is 1. The Balaban J connectivity index is 2.77. The zero-order valence-corrected chi connectivity index (χ0v) is 21.4. The summed E-state index contributed by atoms with van der Waals surface area (Å²) in [6.45, 7) is 3.26. The highest BCUT2D eigenvalue weighted by molar-refractivity contribution is 5.97. The second-order valence-corrected chi connectivity index (χ2v) is 8.49. The van der Waals surface area contributed by atoms with Crippen LogP contribution in [-0.2, 0) is 33.4 Å². The van der Waals surface area contributed by atoms with Gasteiger partial charge in [-0.1, -0.05) is 26.0 Å². The first-order valence-corrected chi connectivity index (χ1v) is 11.6. The van der Waals surface area contributed by atoms with Crippen molar-refractivity contribution in [1.29, 1.82) is 0 Å². The molecule has 37 heavy (non-hydrogen) atoms. The van der Waals surface area contributed by atoms with Crippen molar-refractivity contribution in [1.82, 2.24) is 16.0 Å². The Morgan fingerprint density at radius 1 is 0.946 bits per heavy atom. The maximum Gasteiger partial charge on any atom is 0.330 e. The maximum absolute atomic E-state index is 12.8. The third-order valence-corrected chi connectivity index (χ3v) is 5.08. The van der Waals surface area contributed by atoms with Crippen molar-refractivity contribution in [3.63, 3.8) is 0 Å². The zero-order valence-electron chi connectivity index (χ0n) is 21.4. The Kier molecular flexibility index (Phi) is 13.1. The Bertz CT molecular complexity index is 1000. The van der Waals surface area contributed by atoms with Crippen LogP contribution in [0.1, 0.15) is 49.0 Å². The summed E-state index contributed by atoms with van der Waals surface area (Å²) < 4.78 is 9.10. The van der Waals surface area contributed by atoms with Crippen LogP contribution in [0.25, 0.3) is 6.08 Å². The highest BCUT2D eigenvalue weighted by Crippen LogP contribution is 2.08. The van der Waals surface area contributed by atoms with E-state index in [2.05, 4.69) is 25.4 Å². The first kappa shape index (κ1) is 30.8. The van der Waals surface area contributed by atoms with E-state index in [4.69, 9.17) is 5.73 Å². The van der Waals surface area contributed by atoms with Gasteiger partial charge in [0, 0.05) is 18.1 Å². The average Bonchev–Trinajstić information content (AvgIpc) is 2.87. The lowest BCUT2D eigenvalue weighted by Gasteiger charge is -2.22. The van der Waals surface area contributed by atoms with E-state index >= 15 is 0 Å². The molecule has 4 amide bonds. The molecule has 12 heteroatoms. The van der Waals surface area contributed by atoms with Gasteiger partial charge in [-0.05, 0) is 42.5 Å². The van der Waals surface area contributed by atoms with E-state index in [1.165, 1.54) is 38.5 Å². The van der Waals surface area contributed by atoms with Crippen LogP contribution in [-0.4, -0.2) is 68.4 Å². The number of rotatable bonds is 14. The molecule has 2 atom stereocenters. The number of benzene rings is 1. The molecule has 5 N–H and O–H groups in total. The molecule has 0 spiro atoms. The van der Waals surface area contributed by atoms with E-state index in [0.29, 0.717) is 12.0 Å². The molecule has 1 aromatic rings. The van der Waals surface area contributed by atoms with Gasteiger partial charge in [-0.15, -0.1) is 0 Å². The molecular weight excluding hydrogens is 484 g/mol. The highest BCUT2D eigenvalue weighted by Gasteiger charge is 2.27. The molecule has 0 bridgehead atoms. The molecule has 1 rings (SSSR count). The Morgan fingerprint density at radius 3 is 2.14 bits per heavy atom. The molecule has 0 aliphatic rings. The van der Waals surface area contributed by atoms with E-state index in [0.717, 1.165) is 0 Å². The topological polar surface area (TPSA) is 183 Å². The van der Waals surface area contributed by atoms with Gasteiger partial charge in [0.25, 0.3) is 5.91 Å². The summed E-state index contributed by atoms with van der Waals surface area (Å²) in [7, 11) is 2.45. The third kappa shape index (κ3) is 11.8. The van der Waals surface area contributed by atoms with Gasteiger partial charge < -0.3 is 31.2 Å². The molecule has 0 aliphatic carbocycles. The smallest absolute Gasteiger partial charge is 0.330 e. The van der Waals surface area contributed by atoms with E-state index < -0.39 is 54.2 Å². The minimum Gasteiger partial charge on any atom is -0.469 e. The first-order chi connectivity index (χ1) is 17.5. The number of esters is 2. The molecule has 0 saturated carbocycles. The minimum absolute atomic E-state index is 0.0639. The molecule has 0 aromatic heterocycles. The summed E-state index contributed by atoms with van der Waals surface area (Å²) in [4.78, 5) is 72.1. The molecule has 0 unspecified atom stereocenters. The Morgan fingerprint density at radius 2 is 1.59 bits per heavy atom. The molecule has 0 saturated heterocycles. The summed E-state index contributed by atoms with van der Waals surface area (Å²) in [5.74, 6) is -3.68. The molecule has 12 nitrogen and oxygen atoms in total. The Labute approximate surface area is 215 Å². The van der Waals surface area contributed by atoms with E-state index in [1.807, 2.05) is 13.8 Å². The molecule has 0 radical (unpaired) electrons. The van der Waals surface area contributed by atoms with Crippen LogP contribution < -0.4 is 21.7 Å². The van der Waals surface area contributed by atoms with Gasteiger partial charge in [0.1, 0.15) is 12.1 Å². The molecule has 0 aliphatic heterocycles. The molecule has 202 valence electrons. The van der Waals surface area contributed by atoms with Crippen LogP contribution in [0.2, 0.25) is 0 Å². The quantitative estimate of drug-likeness (QED) is 0.197. The number of carbonyl (C=O) groups is 6. The normalized spacial score (nSPS) is 12.4. The largest absolute Gasteiger partial charge is 0.469 e. The number of nitrogens with two attached hydrogens (primary N) is 1. The number of hydrogen-bond acceptors (Lipinski definition) is 8. The monoisotopic (exact) mass is 518 g/mol. The van der Waals surface area contributed by atoms with Gasteiger partial charge in [0.2, 0.25) is 17.7 Å². The standard InChI is InChI=1S/C25H34N4O8/c1-15(2)13-19(23(26)33)29-25(35)18(10-12-22(32)37-4)28-20(30)14-27-24(34)17-8-5-16(6-9-17)7-11-21(31)36-3/h5-9,11,15,18-19H,10,12-14H2,1-4H3,(H2,26,33)(H,27,34)(H,28,30)(H,29,35)/t18-,19-/m0/s1. The van der Waals surface area contributed by atoms with Crippen LogP contribution in [0.15, 0.2) is 30.3 Å². The van der Waals surface area contributed by atoms with Crippen LogP contribution in [0, 0.1) is 5.92 Å². The number of methoxy groups -OCH3 is 2. The number of carbonyl (C=O) groups excluding carboxylic acids is 6. The van der Waals surface area contributed by atoms with Gasteiger partial charge in [0.15, 0.2) is 0 Å². The fourth-order valence-corrected chi connectivity index (χ4v) is 3.11. The van der Waals surface area contributed by atoms with Crippen molar-refractivity contribution < 1.29 is 38.2 Å². The third-order valence-electron chi connectivity index (χ3n) is 5.08. The summed E-state index contributed by atoms with van der Waals surface area (Å²) in [6.07, 6.45) is 2.80. The molecule has 1 aromatic carbocycles.